The van der Waals surface area contributed by atoms with E-state index in [0.717, 1.165) is 35.4 Å². The summed E-state index contributed by atoms with van der Waals surface area (Å²) in [5.74, 6) is 0.475. The lowest BCUT2D eigenvalue weighted by molar-refractivity contribution is 0.407. The highest BCUT2D eigenvalue weighted by molar-refractivity contribution is 5.86. The van der Waals surface area contributed by atoms with Crippen LogP contribution in [0.25, 0.3) is 33.4 Å². The first-order valence-corrected chi connectivity index (χ1v) is 9.93. The third-order valence-corrected chi connectivity index (χ3v) is 5.42. The van der Waals surface area contributed by atoms with Crippen molar-refractivity contribution >= 4 is 27.8 Å². The number of aromatic nitrogens is 1. The maximum atomic E-state index is 12.7. The maximum absolute atomic E-state index is 12.7. The molecule has 4 aromatic rings. The van der Waals surface area contributed by atoms with Gasteiger partial charge in [-0.15, -0.1) is 0 Å². The number of hydrogen-bond acceptors (Lipinski definition) is 6. The molecule has 1 aromatic carbocycles. The van der Waals surface area contributed by atoms with Gasteiger partial charge in [-0.25, -0.2) is 9.78 Å². The van der Waals surface area contributed by atoms with Crippen LogP contribution in [-0.4, -0.2) is 30.2 Å². The average Bonchev–Trinajstić information content (AvgIpc) is 3.09. The summed E-state index contributed by atoms with van der Waals surface area (Å²) in [6.45, 7) is 8.13. The van der Waals surface area contributed by atoms with Crippen molar-refractivity contribution in [2.24, 2.45) is 0 Å². The highest BCUT2D eigenvalue weighted by Crippen LogP contribution is 2.29. The molecular formula is C23H23N3O3. The number of hydrogen-bond donors (Lipinski definition) is 1. The van der Waals surface area contributed by atoms with Crippen LogP contribution in [0.15, 0.2) is 56.1 Å². The van der Waals surface area contributed by atoms with Crippen LogP contribution in [0.2, 0.25) is 0 Å². The number of nitrogens with one attached hydrogen (secondary N) is 1. The summed E-state index contributed by atoms with van der Waals surface area (Å²) in [4.78, 5) is 19.5. The minimum atomic E-state index is -0.410. The van der Waals surface area contributed by atoms with Crippen molar-refractivity contribution in [3.05, 3.63) is 58.6 Å². The minimum absolute atomic E-state index is 0.408. The first kappa shape index (κ1) is 17.9. The molecule has 0 aliphatic carbocycles. The zero-order chi connectivity index (χ0) is 20.1. The lowest BCUT2D eigenvalue weighted by atomic mass is 10.1. The van der Waals surface area contributed by atoms with E-state index < -0.39 is 5.63 Å². The van der Waals surface area contributed by atoms with Crippen molar-refractivity contribution in [1.82, 2.24) is 10.3 Å². The quantitative estimate of drug-likeness (QED) is 0.521. The number of furan rings is 1. The molecule has 2 atom stereocenters. The molecule has 1 fully saturated rings. The van der Waals surface area contributed by atoms with E-state index in [4.69, 9.17) is 8.83 Å². The number of nitrogens with zero attached hydrogens (tertiary/aromatic N) is 2. The monoisotopic (exact) mass is 389 g/mol. The molecule has 3 aromatic heterocycles. The van der Waals surface area contributed by atoms with Gasteiger partial charge in [0.05, 0.1) is 0 Å². The molecule has 0 bridgehead atoms. The van der Waals surface area contributed by atoms with E-state index in [-0.39, 0.29) is 0 Å². The number of aryl methyl sites for hydroxylation is 1. The standard InChI is InChI=1S/C23H23N3O3/c1-13-4-7-20-19(25-13)10-22(28-20)18-8-16-5-6-17(9-21(16)29-23(18)27)26-11-14(2)24-15(3)12-26/h4-10,14-15,24H,11-12H2,1-3H3/t14-,15+. The van der Waals surface area contributed by atoms with Gasteiger partial charge in [0.1, 0.15) is 22.4 Å². The van der Waals surface area contributed by atoms with Crippen molar-refractivity contribution in [2.75, 3.05) is 18.0 Å². The maximum Gasteiger partial charge on any atom is 0.347 e. The normalized spacial score (nSPS) is 19.9. The minimum Gasteiger partial charge on any atom is -0.454 e. The zero-order valence-electron chi connectivity index (χ0n) is 16.7. The molecule has 0 amide bonds. The Morgan fingerprint density at radius 3 is 2.59 bits per heavy atom. The van der Waals surface area contributed by atoms with Gasteiger partial charge < -0.3 is 19.1 Å². The highest BCUT2D eigenvalue weighted by Gasteiger charge is 2.22. The Morgan fingerprint density at radius 1 is 1.00 bits per heavy atom. The summed E-state index contributed by atoms with van der Waals surface area (Å²) in [5, 5.41) is 4.40. The SMILES string of the molecule is Cc1ccc2oc(-c3cc4ccc(N5C[C@@H](C)N[C@@H](C)C5)cc4oc3=O)cc2n1. The summed E-state index contributed by atoms with van der Waals surface area (Å²) >= 11 is 0. The lowest BCUT2D eigenvalue weighted by Gasteiger charge is -2.37. The highest BCUT2D eigenvalue weighted by atomic mass is 16.4. The fourth-order valence-corrected chi connectivity index (χ4v) is 4.16. The molecule has 1 saturated heterocycles. The van der Waals surface area contributed by atoms with E-state index in [2.05, 4.69) is 35.1 Å². The van der Waals surface area contributed by atoms with Crippen LogP contribution in [0.1, 0.15) is 19.5 Å². The summed E-state index contributed by atoms with van der Waals surface area (Å²) in [7, 11) is 0. The van der Waals surface area contributed by atoms with Crippen LogP contribution in [0.5, 0.6) is 0 Å². The Kier molecular flexibility index (Phi) is 4.17. The Labute approximate surface area is 168 Å². The van der Waals surface area contributed by atoms with E-state index in [1.807, 2.05) is 37.3 Å². The second-order valence-electron chi connectivity index (χ2n) is 7.99. The average molecular weight is 389 g/mol. The van der Waals surface area contributed by atoms with E-state index >= 15 is 0 Å². The second kappa shape index (κ2) is 6.74. The van der Waals surface area contributed by atoms with E-state index in [9.17, 15) is 4.79 Å². The largest absolute Gasteiger partial charge is 0.454 e. The van der Waals surface area contributed by atoms with Crippen LogP contribution in [0, 0.1) is 6.92 Å². The molecule has 4 heterocycles. The first-order valence-electron chi connectivity index (χ1n) is 9.93. The number of benzene rings is 1. The van der Waals surface area contributed by atoms with Crippen LogP contribution < -0.4 is 15.8 Å². The van der Waals surface area contributed by atoms with Crippen LogP contribution in [0.4, 0.5) is 5.69 Å². The van der Waals surface area contributed by atoms with Crippen molar-refractivity contribution in [3.8, 4) is 11.3 Å². The third kappa shape index (κ3) is 3.29. The fraction of sp³-hybridized carbons (Fsp3) is 0.304. The third-order valence-electron chi connectivity index (χ3n) is 5.42. The van der Waals surface area contributed by atoms with Gasteiger partial charge in [0.25, 0.3) is 0 Å². The van der Waals surface area contributed by atoms with Gasteiger partial charge in [-0.1, -0.05) is 0 Å². The number of fused-ring (bicyclic) bond motifs is 2. The van der Waals surface area contributed by atoms with Crippen molar-refractivity contribution < 1.29 is 8.83 Å². The molecule has 6 heteroatoms. The van der Waals surface area contributed by atoms with Gasteiger partial charge in [0, 0.05) is 54.1 Å². The van der Waals surface area contributed by atoms with Crippen LogP contribution >= 0.6 is 0 Å². The Bertz CT molecular complexity index is 1260. The van der Waals surface area contributed by atoms with E-state index in [1.54, 1.807) is 6.07 Å². The molecule has 0 saturated carbocycles. The number of anilines is 1. The Balaban J connectivity index is 1.55. The van der Waals surface area contributed by atoms with Crippen molar-refractivity contribution in [3.63, 3.8) is 0 Å². The van der Waals surface area contributed by atoms with Gasteiger partial charge in [-0.05, 0) is 51.1 Å². The predicted octanol–water partition coefficient (Wildman–Crippen LogP) is 4.10. The van der Waals surface area contributed by atoms with Crippen molar-refractivity contribution in [2.45, 2.75) is 32.9 Å². The zero-order valence-corrected chi connectivity index (χ0v) is 16.7. The molecule has 0 radical (unpaired) electrons. The molecule has 0 spiro atoms. The van der Waals surface area contributed by atoms with Crippen LogP contribution in [-0.2, 0) is 0 Å². The predicted molar refractivity (Wildman–Crippen MR) is 114 cm³/mol. The second-order valence-corrected chi connectivity index (χ2v) is 7.99. The summed E-state index contributed by atoms with van der Waals surface area (Å²) < 4.78 is 11.5. The summed E-state index contributed by atoms with van der Waals surface area (Å²) in [5.41, 5.74) is 3.94. The molecule has 29 heavy (non-hydrogen) atoms. The topological polar surface area (TPSA) is 71.5 Å². The number of rotatable bonds is 2. The van der Waals surface area contributed by atoms with Gasteiger partial charge in [-0.2, -0.15) is 0 Å². The van der Waals surface area contributed by atoms with Gasteiger partial charge in [0.15, 0.2) is 5.58 Å². The molecule has 1 aliphatic rings. The summed E-state index contributed by atoms with van der Waals surface area (Å²) in [6.07, 6.45) is 0. The van der Waals surface area contributed by atoms with E-state index in [1.165, 1.54) is 0 Å². The molecule has 148 valence electrons. The number of pyridine rings is 1. The lowest BCUT2D eigenvalue weighted by Crippen LogP contribution is -2.54. The molecular weight excluding hydrogens is 366 g/mol. The molecule has 0 unspecified atom stereocenters. The fourth-order valence-electron chi connectivity index (χ4n) is 4.16. The van der Waals surface area contributed by atoms with E-state index in [0.29, 0.717) is 34.6 Å². The Morgan fingerprint density at radius 2 is 1.79 bits per heavy atom. The molecule has 1 aliphatic heterocycles. The number of piperazine rings is 1. The van der Waals surface area contributed by atoms with Gasteiger partial charge in [-0.3, -0.25) is 0 Å². The first-order chi connectivity index (χ1) is 14.0. The summed E-state index contributed by atoms with van der Waals surface area (Å²) in [6, 6.07) is 14.2. The van der Waals surface area contributed by atoms with Gasteiger partial charge in [0.2, 0.25) is 0 Å². The smallest absolute Gasteiger partial charge is 0.347 e. The van der Waals surface area contributed by atoms with Crippen molar-refractivity contribution in [1.29, 1.82) is 0 Å². The molecule has 6 nitrogen and oxygen atoms in total. The van der Waals surface area contributed by atoms with Gasteiger partial charge >= 0.3 is 5.63 Å². The Hall–Kier alpha value is -3.12. The van der Waals surface area contributed by atoms with Crippen LogP contribution in [0.3, 0.4) is 0 Å². The molecule has 1 N–H and O–H groups in total. The molecule has 5 rings (SSSR count).